The fourth-order valence-corrected chi connectivity index (χ4v) is 2.43. The third-order valence-electron chi connectivity index (χ3n) is 3.65. The number of anilines is 1. The lowest BCUT2D eigenvalue weighted by molar-refractivity contribution is -0.179. The number of benzene rings is 1. The van der Waals surface area contributed by atoms with Crippen molar-refractivity contribution in [3.05, 3.63) is 29.6 Å². The molecule has 0 radical (unpaired) electrons. The van der Waals surface area contributed by atoms with Crippen LogP contribution in [0, 0.1) is 11.7 Å². The number of carbonyl (C=O) groups is 1. The Bertz CT molecular complexity index is 504. The number of nitrogens with zero attached hydrogens (tertiary/aromatic N) is 1. The Morgan fingerprint density at radius 2 is 1.85 bits per heavy atom. The van der Waals surface area contributed by atoms with Crippen LogP contribution >= 0.6 is 0 Å². The standard InChI is InChI=1S/C14H15F4NO/c1-9(20)10-2-3-13(12(15)8-10)19-6-4-11(5-7-19)14(16,17)18/h2-3,8,11H,4-7H2,1H3. The van der Waals surface area contributed by atoms with Crippen molar-refractivity contribution in [1.82, 2.24) is 0 Å². The summed E-state index contributed by atoms with van der Waals surface area (Å²) >= 11 is 0. The van der Waals surface area contributed by atoms with E-state index in [0.29, 0.717) is 0 Å². The fraction of sp³-hybridized carbons (Fsp3) is 0.500. The van der Waals surface area contributed by atoms with Crippen molar-refractivity contribution in [2.24, 2.45) is 5.92 Å². The molecule has 2 nitrogen and oxygen atoms in total. The first-order valence-corrected chi connectivity index (χ1v) is 6.41. The maximum atomic E-state index is 13.9. The molecular formula is C14H15F4NO. The second-order valence-corrected chi connectivity index (χ2v) is 5.03. The van der Waals surface area contributed by atoms with Crippen LogP contribution in [0.15, 0.2) is 18.2 Å². The Kier molecular flexibility index (Phi) is 4.01. The highest BCUT2D eigenvalue weighted by atomic mass is 19.4. The number of halogens is 4. The van der Waals surface area contributed by atoms with E-state index >= 15 is 0 Å². The fourth-order valence-electron chi connectivity index (χ4n) is 2.43. The molecule has 0 aromatic heterocycles. The number of Topliss-reactive ketones (excluding diaryl/α,β-unsaturated/α-hetero) is 1. The highest BCUT2D eigenvalue weighted by Gasteiger charge is 2.41. The van der Waals surface area contributed by atoms with Gasteiger partial charge in [-0.2, -0.15) is 13.2 Å². The van der Waals surface area contributed by atoms with Gasteiger partial charge in [0.05, 0.1) is 11.6 Å². The zero-order chi connectivity index (χ0) is 14.9. The zero-order valence-electron chi connectivity index (χ0n) is 11.0. The Balaban J connectivity index is 2.09. The molecule has 1 fully saturated rings. The largest absolute Gasteiger partial charge is 0.391 e. The van der Waals surface area contributed by atoms with Crippen LogP contribution < -0.4 is 4.90 Å². The molecular weight excluding hydrogens is 274 g/mol. The molecule has 0 aliphatic carbocycles. The maximum Gasteiger partial charge on any atom is 0.391 e. The third kappa shape index (κ3) is 3.11. The minimum absolute atomic E-state index is 0.0304. The van der Waals surface area contributed by atoms with Crippen LogP contribution in [-0.2, 0) is 0 Å². The van der Waals surface area contributed by atoms with E-state index in [-0.39, 0.29) is 43.0 Å². The summed E-state index contributed by atoms with van der Waals surface area (Å²) in [6.45, 7) is 1.67. The quantitative estimate of drug-likeness (QED) is 0.609. The number of alkyl halides is 3. The van der Waals surface area contributed by atoms with Crippen LogP contribution in [0.1, 0.15) is 30.1 Å². The molecule has 2 rings (SSSR count). The summed E-state index contributed by atoms with van der Waals surface area (Å²) in [6, 6.07) is 4.09. The minimum Gasteiger partial charge on any atom is -0.369 e. The van der Waals surface area contributed by atoms with Crippen molar-refractivity contribution < 1.29 is 22.4 Å². The van der Waals surface area contributed by atoms with Crippen molar-refractivity contribution in [3.63, 3.8) is 0 Å². The number of carbonyl (C=O) groups excluding carboxylic acids is 1. The number of piperidine rings is 1. The van der Waals surface area contributed by atoms with Crippen LogP contribution in [0.5, 0.6) is 0 Å². The number of rotatable bonds is 2. The predicted molar refractivity (Wildman–Crippen MR) is 67.4 cm³/mol. The summed E-state index contributed by atoms with van der Waals surface area (Å²) in [5.41, 5.74) is 0.520. The number of hydrogen-bond acceptors (Lipinski definition) is 2. The van der Waals surface area contributed by atoms with Crippen molar-refractivity contribution >= 4 is 11.5 Å². The van der Waals surface area contributed by atoms with Gasteiger partial charge in [0, 0.05) is 18.7 Å². The summed E-state index contributed by atoms with van der Waals surface area (Å²) in [5.74, 6) is -2.12. The van der Waals surface area contributed by atoms with Gasteiger partial charge in [-0.25, -0.2) is 4.39 Å². The Labute approximate surface area is 114 Å². The van der Waals surface area contributed by atoms with Gasteiger partial charge in [0.25, 0.3) is 0 Å². The van der Waals surface area contributed by atoms with Crippen molar-refractivity contribution in [3.8, 4) is 0 Å². The molecule has 1 aromatic carbocycles. The predicted octanol–water partition coefficient (Wildman–Crippen LogP) is 3.81. The minimum atomic E-state index is -4.18. The Morgan fingerprint density at radius 1 is 1.25 bits per heavy atom. The molecule has 1 heterocycles. The van der Waals surface area contributed by atoms with E-state index in [0.717, 1.165) is 6.07 Å². The van der Waals surface area contributed by atoms with Crippen molar-refractivity contribution in [2.75, 3.05) is 18.0 Å². The summed E-state index contributed by atoms with van der Waals surface area (Å²) in [6.07, 6.45) is -4.24. The summed E-state index contributed by atoms with van der Waals surface area (Å²) in [7, 11) is 0. The Morgan fingerprint density at radius 3 is 2.30 bits per heavy atom. The SMILES string of the molecule is CC(=O)c1ccc(N2CCC(C(F)(F)F)CC2)c(F)c1. The molecule has 0 bridgehead atoms. The molecule has 0 saturated carbocycles. The first kappa shape index (κ1) is 14.8. The monoisotopic (exact) mass is 289 g/mol. The van der Waals surface area contributed by atoms with Gasteiger partial charge in [0.1, 0.15) is 5.82 Å². The molecule has 1 aliphatic heterocycles. The third-order valence-corrected chi connectivity index (χ3v) is 3.65. The highest BCUT2D eigenvalue weighted by molar-refractivity contribution is 5.94. The van der Waals surface area contributed by atoms with Crippen molar-refractivity contribution in [1.29, 1.82) is 0 Å². The van der Waals surface area contributed by atoms with Crippen molar-refractivity contribution in [2.45, 2.75) is 25.9 Å². The van der Waals surface area contributed by atoms with Crippen LogP contribution in [-0.4, -0.2) is 25.0 Å². The topological polar surface area (TPSA) is 20.3 Å². The molecule has 20 heavy (non-hydrogen) atoms. The molecule has 1 aromatic rings. The molecule has 6 heteroatoms. The number of hydrogen-bond donors (Lipinski definition) is 0. The van der Waals surface area contributed by atoms with E-state index in [1.807, 2.05) is 0 Å². The molecule has 0 unspecified atom stereocenters. The van der Waals surface area contributed by atoms with E-state index < -0.39 is 17.9 Å². The summed E-state index contributed by atoms with van der Waals surface area (Å²) in [5, 5.41) is 0. The molecule has 0 spiro atoms. The van der Waals surface area contributed by atoms with Crippen LogP contribution in [0.25, 0.3) is 0 Å². The van der Waals surface area contributed by atoms with Gasteiger partial charge in [-0.1, -0.05) is 0 Å². The van der Waals surface area contributed by atoms with Gasteiger partial charge in [-0.3, -0.25) is 4.79 Å². The maximum absolute atomic E-state index is 13.9. The van der Waals surface area contributed by atoms with Gasteiger partial charge < -0.3 is 4.90 Å². The van der Waals surface area contributed by atoms with E-state index in [2.05, 4.69) is 0 Å². The second-order valence-electron chi connectivity index (χ2n) is 5.03. The Hall–Kier alpha value is -1.59. The molecule has 1 saturated heterocycles. The average molecular weight is 289 g/mol. The van der Waals surface area contributed by atoms with E-state index in [1.165, 1.54) is 19.1 Å². The zero-order valence-corrected chi connectivity index (χ0v) is 11.0. The van der Waals surface area contributed by atoms with Gasteiger partial charge in [0.15, 0.2) is 5.78 Å². The lowest BCUT2D eigenvalue weighted by atomic mass is 9.95. The van der Waals surface area contributed by atoms with Gasteiger partial charge in [0.2, 0.25) is 0 Å². The second kappa shape index (κ2) is 5.42. The lowest BCUT2D eigenvalue weighted by Crippen LogP contribution is -2.39. The molecule has 0 atom stereocenters. The first-order chi connectivity index (χ1) is 9.29. The van der Waals surface area contributed by atoms with Gasteiger partial charge in [-0.15, -0.1) is 0 Å². The van der Waals surface area contributed by atoms with Gasteiger partial charge >= 0.3 is 6.18 Å². The van der Waals surface area contributed by atoms with Crippen LogP contribution in [0.3, 0.4) is 0 Å². The van der Waals surface area contributed by atoms with E-state index in [9.17, 15) is 22.4 Å². The average Bonchev–Trinajstić information content (AvgIpc) is 2.37. The molecule has 1 aliphatic rings. The van der Waals surface area contributed by atoms with Gasteiger partial charge in [-0.05, 0) is 38.0 Å². The normalized spacial score (nSPS) is 17.4. The van der Waals surface area contributed by atoms with Crippen LogP contribution in [0.4, 0.5) is 23.2 Å². The molecule has 0 N–H and O–H groups in total. The smallest absolute Gasteiger partial charge is 0.369 e. The van der Waals surface area contributed by atoms with E-state index in [1.54, 1.807) is 4.90 Å². The molecule has 0 amide bonds. The van der Waals surface area contributed by atoms with Crippen LogP contribution in [0.2, 0.25) is 0 Å². The highest BCUT2D eigenvalue weighted by Crippen LogP contribution is 2.35. The lowest BCUT2D eigenvalue weighted by Gasteiger charge is -2.34. The van der Waals surface area contributed by atoms with E-state index in [4.69, 9.17) is 0 Å². The molecule has 110 valence electrons. The number of ketones is 1. The summed E-state index contributed by atoms with van der Waals surface area (Å²) in [4.78, 5) is 12.7. The first-order valence-electron chi connectivity index (χ1n) is 6.41. The summed E-state index contributed by atoms with van der Waals surface area (Å²) < 4.78 is 51.6.